The third kappa shape index (κ3) is 5.02. The molecule has 1 amide bonds. The van der Waals surface area contributed by atoms with Crippen molar-refractivity contribution in [3.63, 3.8) is 0 Å². The molecule has 0 aromatic carbocycles. The van der Waals surface area contributed by atoms with Gasteiger partial charge in [-0.05, 0) is 18.8 Å². The van der Waals surface area contributed by atoms with Crippen LogP contribution in [-0.2, 0) is 4.79 Å². The topological polar surface area (TPSA) is 78.6 Å². The van der Waals surface area contributed by atoms with E-state index < -0.39 is 0 Å². The Kier molecular flexibility index (Phi) is 5.88. The summed E-state index contributed by atoms with van der Waals surface area (Å²) in [6.45, 7) is 6.16. The number of nitrogens with one attached hydrogen (secondary N) is 1. The summed E-state index contributed by atoms with van der Waals surface area (Å²) >= 11 is 0. The van der Waals surface area contributed by atoms with Gasteiger partial charge >= 0.3 is 0 Å². The first-order valence-electron chi connectivity index (χ1n) is 6.41. The zero-order chi connectivity index (χ0) is 12.8. The van der Waals surface area contributed by atoms with Crippen LogP contribution in [-0.4, -0.2) is 54.2 Å². The average Bonchev–Trinajstić information content (AvgIpc) is 2.28. The molecule has 1 aliphatic rings. The van der Waals surface area contributed by atoms with Crippen molar-refractivity contribution in [2.75, 3.05) is 26.2 Å². The van der Waals surface area contributed by atoms with Crippen molar-refractivity contribution in [3.05, 3.63) is 0 Å². The molecule has 0 aliphatic carbocycles. The summed E-state index contributed by atoms with van der Waals surface area (Å²) < 4.78 is 0. The fourth-order valence-electron chi connectivity index (χ4n) is 1.99. The van der Waals surface area contributed by atoms with E-state index in [9.17, 15) is 4.79 Å². The van der Waals surface area contributed by atoms with Crippen molar-refractivity contribution in [2.24, 2.45) is 11.7 Å². The molecule has 17 heavy (non-hydrogen) atoms. The summed E-state index contributed by atoms with van der Waals surface area (Å²) in [6, 6.07) is 0.143. The number of carbonyl (C=O) groups is 1. The zero-order valence-electron chi connectivity index (χ0n) is 10.9. The fraction of sp³-hybridized carbons (Fsp3) is 0.917. The Labute approximate surface area is 103 Å². The van der Waals surface area contributed by atoms with Crippen molar-refractivity contribution in [1.82, 2.24) is 10.2 Å². The molecule has 1 aliphatic heterocycles. The van der Waals surface area contributed by atoms with E-state index in [0.717, 1.165) is 25.9 Å². The number of hydrogen-bond donors (Lipinski definition) is 3. The molecule has 0 unspecified atom stereocenters. The van der Waals surface area contributed by atoms with Gasteiger partial charge in [0.25, 0.3) is 0 Å². The number of likely N-dealkylation sites (tertiary alicyclic amines) is 1. The van der Waals surface area contributed by atoms with Gasteiger partial charge in [-0.2, -0.15) is 0 Å². The molecule has 0 spiro atoms. The monoisotopic (exact) mass is 243 g/mol. The van der Waals surface area contributed by atoms with Gasteiger partial charge in [0.05, 0.1) is 19.2 Å². The Bertz CT molecular complexity index is 238. The summed E-state index contributed by atoms with van der Waals surface area (Å²) in [5.74, 6) is 0.243. The van der Waals surface area contributed by atoms with Crippen LogP contribution < -0.4 is 11.1 Å². The molecule has 0 aromatic rings. The Hall–Kier alpha value is -0.650. The van der Waals surface area contributed by atoms with E-state index in [1.54, 1.807) is 0 Å². The second-order valence-corrected chi connectivity index (χ2v) is 5.21. The molecule has 0 saturated carbocycles. The van der Waals surface area contributed by atoms with Gasteiger partial charge in [0.15, 0.2) is 0 Å². The number of carbonyl (C=O) groups excluding carboxylic acids is 1. The van der Waals surface area contributed by atoms with E-state index in [-0.39, 0.29) is 30.5 Å². The van der Waals surface area contributed by atoms with Crippen LogP contribution in [0.1, 0.15) is 26.7 Å². The number of rotatable bonds is 5. The maximum absolute atomic E-state index is 11.8. The third-order valence-electron chi connectivity index (χ3n) is 3.35. The number of hydrogen-bond acceptors (Lipinski definition) is 4. The van der Waals surface area contributed by atoms with Gasteiger partial charge in [0.2, 0.25) is 5.91 Å². The van der Waals surface area contributed by atoms with Crippen LogP contribution >= 0.6 is 0 Å². The molecule has 1 atom stereocenters. The molecule has 1 saturated heterocycles. The summed E-state index contributed by atoms with van der Waals surface area (Å²) in [5.41, 5.74) is 5.81. The quantitative estimate of drug-likeness (QED) is 0.611. The lowest BCUT2D eigenvalue weighted by atomic mass is 10.0. The SMILES string of the molecule is CC(C)[C@@H](CO)NC(=O)CN1CCC(N)CC1. The summed E-state index contributed by atoms with van der Waals surface area (Å²) in [4.78, 5) is 13.9. The molecule has 4 N–H and O–H groups in total. The molecule has 1 heterocycles. The van der Waals surface area contributed by atoms with E-state index in [1.807, 2.05) is 13.8 Å². The molecule has 0 aromatic heterocycles. The molecule has 1 fully saturated rings. The normalized spacial score (nSPS) is 20.5. The van der Waals surface area contributed by atoms with Crippen LogP contribution in [0.3, 0.4) is 0 Å². The first kappa shape index (κ1) is 14.4. The smallest absolute Gasteiger partial charge is 0.234 e. The standard InChI is InChI=1S/C12H25N3O2/c1-9(2)11(8-16)14-12(17)7-15-5-3-10(13)4-6-15/h9-11,16H,3-8,13H2,1-2H3,(H,14,17)/t11-/m1/s1. The largest absolute Gasteiger partial charge is 0.394 e. The maximum atomic E-state index is 11.8. The van der Waals surface area contributed by atoms with E-state index in [0.29, 0.717) is 6.54 Å². The van der Waals surface area contributed by atoms with Crippen molar-refractivity contribution < 1.29 is 9.90 Å². The van der Waals surface area contributed by atoms with Crippen molar-refractivity contribution in [2.45, 2.75) is 38.8 Å². The number of aliphatic hydroxyl groups excluding tert-OH is 1. The molecule has 100 valence electrons. The van der Waals surface area contributed by atoms with Crippen LogP contribution in [0.5, 0.6) is 0 Å². The van der Waals surface area contributed by atoms with Crippen LogP contribution in [0.2, 0.25) is 0 Å². The van der Waals surface area contributed by atoms with Crippen LogP contribution in [0.25, 0.3) is 0 Å². The highest BCUT2D eigenvalue weighted by atomic mass is 16.3. The van der Waals surface area contributed by atoms with Gasteiger partial charge in [-0.3, -0.25) is 9.69 Å². The Morgan fingerprint density at radius 2 is 2.06 bits per heavy atom. The van der Waals surface area contributed by atoms with E-state index in [1.165, 1.54) is 0 Å². The molecule has 5 nitrogen and oxygen atoms in total. The second-order valence-electron chi connectivity index (χ2n) is 5.21. The summed E-state index contributed by atoms with van der Waals surface area (Å²) in [7, 11) is 0. The predicted octanol–water partition coefficient (Wildman–Crippen LogP) is -0.457. The lowest BCUT2D eigenvalue weighted by Gasteiger charge is -2.30. The van der Waals surface area contributed by atoms with Crippen LogP contribution in [0.4, 0.5) is 0 Å². The van der Waals surface area contributed by atoms with Crippen LogP contribution in [0.15, 0.2) is 0 Å². The van der Waals surface area contributed by atoms with E-state index in [4.69, 9.17) is 10.8 Å². The lowest BCUT2D eigenvalue weighted by Crippen LogP contribution is -2.48. The molecule has 1 rings (SSSR count). The number of nitrogens with zero attached hydrogens (tertiary/aromatic N) is 1. The minimum absolute atomic E-state index is 0.00567. The highest BCUT2D eigenvalue weighted by Gasteiger charge is 2.20. The molecule has 5 heteroatoms. The average molecular weight is 243 g/mol. The Morgan fingerprint density at radius 1 is 1.47 bits per heavy atom. The molecular formula is C12H25N3O2. The van der Waals surface area contributed by atoms with Gasteiger partial charge in [0, 0.05) is 19.1 Å². The second kappa shape index (κ2) is 6.93. The molecule has 0 radical (unpaired) electrons. The third-order valence-corrected chi connectivity index (χ3v) is 3.35. The lowest BCUT2D eigenvalue weighted by molar-refractivity contribution is -0.123. The number of piperidine rings is 1. The highest BCUT2D eigenvalue weighted by molar-refractivity contribution is 5.78. The van der Waals surface area contributed by atoms with Gasteiger partial charge in [-0.25, -0.2) is 0 Å². The van der Waals surface area contributed by atoms with Gasteiger partial charge < -0.3 is 16.2 Å². The van der Waals surface area contributed by atoms with Crippen molar-refractivity contribution in [3.8, 4) is 0 Å². The molecule has 0 bridgehead atoms. The van der Waals surface area contributed by atoms with E-state index in [2.05, 4.69) is 10.2 Å². The van der Waals surface area contributed by atoms with Crippen molar-refractivity contribution in [1.29, 1.82) is 0 Å². The minimum Gasteiger partial charge on any atom is -0.394 e. The molecular weight excluding hydrogens is 218 g/mol. The fourth-order valence-corrected chi connectivity index (χ4v) is 1.99. The number of aliphatic hydroxyl groups is 1. The Balaban J connectivity index is 2.29. The van der Waals surface area contributed by atoms with Crippen molar-refractivity contribution >= 4 is 5.91 Å². The first-order valence-corrected chi connectivity index (χ1v) is 6.41. The number of nitrogens with two attached hydrogens (primary N) is 1. The van der Waals surface area contributed by atoms with Gasteiger partial charge in [-0.15, -0.1) is 0 Å². The maximum Gasteiger partial charge on any atom is 0.234 e. The minimum atomic E-state index is -0.144. The predicted molar refractivity (Wildman–Crippen MR) is 67.5 cm³/mol. The Morgan fingerprint density at radius 3 is 2.53 bits per heavy atom. The first-order chi connectivity index (χ1) is 8.02. The summed E-state index contributed by atoms with van der Waals surface area (Å²) in [5, 5.41) is 12.0. The highest BCUT2D eigenvalue weighted by Crippen LogP contribution is 2.07. The van der Waals surface area contributed by atoms with E-state index >= 15 is 0 Å². The van der Waals surface area contributed by atoms with Gasteiger partial charge in [0.1, 0.15) is 0 Å². The zero-order valence-corrected chi connectivity index (χ0v) is 10.9. The number of amides is 1. The summed E-state index contributed by atoms with van der Waals surface area (Å²) in [6.07, 6.45) is 1.92. The van der Waals surface area contributed by atoms with Gasteiger partial charge in [-0.1, -0.05) is 13.8 Å². The van der Waals surface area contributed by atoms with Crippen LogP contribution in [0, 0.1) is 5.92 Å².